The standard InChI is InChI=1S/C22H24N2O6/c1-28-17-8-9-19(29-2)18(11-17)24-13-16(10-20(24)25)21(26)23-12-14-4-6-15(7-5-14)22(27)30-3/h4-9,11,16H,10,12-13H2,1-3H3,(H,23,26). The minimum atomic E-state index is -0.470. The van der Waals surface area contributed by atoms with Crippen molar-refractivity contribution in [3.8, 4) is 11.5 Å². The summed E-state index contributed by atoms with van der Waals surface area (Å²) in [6, 6.07) is 12.0. The molecule has 1 heterocycles. The summed E-state index contributed by atoms with van der Waals surface area (Å²) in [5.41, 5.74) is 1.86. The highest BCUT2D eigenvalue weighted by Gasteiger charge is 2.36. The molecule has 1 N–H and O–H groups in total. The average molecular weight is 412 g/mol. The Morgan fingerprint density at radius 1 is 1.07 bits per heavy atom. The fourth-order valence-electron chi connectivity index (χ4n) is 3.33. The van der Waals surface area contributed by atoms with Crippen molar-refractivity contribution in [3.05, 3.63) is 53.6 Å². The van der Waals surface area contributed by atoms with Gasteiger partial charge >= 0.3 is 5.97 Å². The Bertz CT molecular complexity index is 941. The molecular formula is C22H24N2O6. The van der Waals surface area contributed by atoms with E-state index in [1.165, 1.54) is 14.2 Å². The van der Waals surface area contributed by atoms with Crippen LogP contribution < -0.4 is 19.7 Å². The van der Waals surface area contributed by atoms with Crippen LogP contribution in [0.3, 0.4) is 0 Å². The Morgan fingerprint density at radius 3 is 2.43 bits per heavy atom. The number of carbonyl (C=O) groups excluding carboxylic acids is 3. The molecule has 1 fully saturated rings. The Labute approximate surface area is 174 Å². The van der Waals surface area contributed by atoms with Crippen molar-refractivity contribution < 1.29 is 28.6 Å². The van der Waals surface area contributed by atoms with Crippen molar-refractivity contribution in [1.29, 1.82) is 0 Å². The smallest absolute Gasteiger partial charge is 0.337 e. The first kappa shape index (κ1) is 21.2. The number of methoxy groups -OCH3 is 3. The lowest BCUT2D eigenvalue weighted by atomic mass is 10.1. The maximum absolute atomic E-state index is 12.6. The molecular weight excluding hydrogens is 388 g/mol. The third-order valence-corrected chi connectivity index (χ3v) is 5.01. The van der Waals surface area contributed by atoms with E-state index in [2.05, 4.69) is 10.1 Å². The number of hydrogen-bond acceptors (Lipinski definition) is 6. The van der Waals surface area contributed by atoms with Crippen molar-refractivity contribution in [3.63, 3.8) is 0 Å². The van der Waals surface area contributed by atoms with Gasteiger partial charge in [-0.2, -0.15) is 0 Å². The highest BCUT2D eigenvalue weighted by molar-refractivity contribution is 6.01. The van der Waals surface area contributed by atoms with E-state index in [1.807, 2.05) is 0 Å². The zero-order valence-electron chi connectivity index (χ0n) is 17.1. The summed E-state index contributed by atoms with van der Waals surface area (Å²) in [5, 5.41) is 2.86. The van der Waals surface area contributed by atoms with Gasteiger partial charge in [-0.05, 0) is 29.8 Å². The number of hydrogen-bond donors (Lipinski definition) is 1. The van der Waals surface area contributed by atoms with Crippen LogP contribution in [0.2, 0.25) is 0 Å². The van der Waals surface area contributed by atoms with E-state index >= 15 is 0 Å². The van der Waals surface area contributed by atoms with E-state index in [9.17, 15) is 14.4 Å². The minimum Gasteiger partial charge on any atom is -0.497 e. The molecule has 1 unspecified atom stereocenters. The van der Waals surface area contributed by atoms with E-state index in [0.29, 0.717) is 29.3 Å². The van der Waals surface area contributed by atoms with Crippen LogP contribution in [0.1, 0.15) is 22.3 Å². The van der Waals surface area contributed by atoms with Crippen LogP contribution in [-0.4, -0.2) is 45.7 Å². The second-order valence-corrected chi connectivity index (χ2v) is 6.85. The third kappa shape index (κ3) is 4.53. The van der Waals surface area contributed by atoms with Crippen LogP contribution >= 0.6 is 0 Å². The number of esters is 1. The summed E-state index contributed by atoms with van der Waals surface area (Å²) in [5.74, 6) is -0.0995. The summed E-state index contributed by atoms with van der Waals surface area (Å²) in [6.45, 7) is 0.558. The van der Waals surface area contributed by atoms with Gasteiger partial charge in [0.1, 0.15) is 11.5 Å². The lowest BCUT2D eigenvalue weighted by Gasteiger charge is -2.20. The molecule has 2 aromatic carbocycles. The van der Waals surface area contributed by atoms with Crippen molar-refractivity contribution >= 4 is 23.5 Å². The molecule has 1 saturated heterocycles. The molecule has 1 aliphatic rings. The molecule has 0 aliphatic carbocycles. The predicted molar refractivity (Wildman–Crippen MR) is 110 cm³/mol. The number of rotatable bonds is 7. The van der Waals surface area contributed by atoms with Crippen LogP contribution in [-0.2, 0) is 20.9 Å². The number of nitrogens with zero attached hydrogens (tertiary/aromatic N) is 1. The van der Waals surface area contributed by atoms with Gasteiger partial charge in [0.2, 0.25) is 11.8 Å². The van der Waals surface area contributed by atoms with Crippen LogP contribution in [0.25, 0.3) is 0 Å². The number of amides is 2. The van der Waals surface area contributed by atoms with Gasteiger partial charge in [-0.25, -0.2) is 4.79 Å². The van der Waals surface area contributed by atoms with Crippen molar-refractivity contribution in [2.24, 2.45) is 5.92 Å². The fourth-order valence-corrected chi connectivity index (χ4v) is 3.33. The summed E-state index contributed by atoms with van der Waals surface area (Å²) < 4.78 is 15.3. The lowest BCUT2D eigenvalue weighted by molar-refractivity contribution is -0.126. The topological polar surface area (TPSA) is 94.2 Å². The second kappa shape index (κ2) is 9.30. The van der Waals surface area contributed by atoms with E-state index in [1.54, 1.807) is 54.5 Å². The van der Waals surface area contributed by atoms with Crippen molar-refractivity contribution in [2.45, 2.75) is 13.0 Å². The average Bonchev–Trinajstić information content (AvgIpc) is 3.18. The van der Waals surface area contributed by atoms with Gasteiger partial charge in [0.05, 0.1) is 38.5 Å². The minimum absolute atomic E-state index is 0.119. The van der Waals surface area contributed by atoms with E-state index in [-0.39, 0.29) is 24.8 Å². The summed E-state index contributed by atoms with van der Waals surface area (Å²) in [6.07, 6.45) is 0.119. The second-order valence-electron chi connectivity index (χ2n) is 6.85. The van der Waals surface area contributed by atoms with E-state index < -0.39 is 11.9 Å². The molecule has 0 radical (unpaired) electrons. The van der Waals surface area contributed by atoms with E-state index in [0.717, 1.165) is 5.56 Å². The molecule has 2 amide bonds. The Balaban J connectivity index is 1.63. The molecule has 1 atom stereocenters. The van der Waals surface area contributed by atoms with Crippen molar-refractivity contribution in [1.82, 2.24) is 5.32 Å². The summed E-state index contributed by atoms with van der Waals surface area (Å²) in [4.78, 5) is 38.2. The Hall–Kier alpha value is -3.55. The van der Waals surface area contributed by atoms with Crippen molar-refractivity contribution in [2.75, 3.05) is 32.8 Å². The molecule has 3 rings (SSSR count). The molecule has 158 valence electrons. The number of anilines is 1. The van der Waals surface area contributed by atoms with Gasteiger partial charge in [-0.15, -0.1) is 0 Å². The first-order chi connectivity index (χ1) is 14.5. The quantitative estimate of drug-likeness (QED) is 0.701. The normalized spacial score (nSPS) is 15.6. The van der Waals surface area contributed by atoms with Crippen LogP contribution in [0.15, 0.2) is 42.5 Å². The predicted octanol–water partition coefficient (Wildman–Crippen LogP) is 2.16. The molecule has 8 nitrogen and oxygen atoms in total. The number of benzene rings is 2. The van der Waals surface area contributed by atoms with Crippen LogP contribution in [0, 0.1) is 5.92 Å². The summed E-state index contributed by atoms with van der Waals surface area (Å²) in [7, 11) is 4.40. The Morgan fingerprint density at radius 2 is 1.80 bits per heavy atom. The molecule has 0 aromatic heterocycles. The van der Waals surface area contributed by atoms with Gasteiger partial charge in [0.25, 0.3) is 0 Å². The molecule has 2 aromatic rings. The highest BCUT2D eigenvalue weighted by atomic mass is 16.5. The zero-order valence-corrected chi connectivity index (χ0v) is 17.1. The van der Waals surface area contributed by atoms with Gasteiger partial charge < -0.3 is 24.4 Å². The molecule has 1 aliphatic heterocycles. The largest absolute Gasteiger partial charge is 0.497 e. The molecule has 0 spiro atoms. The fraction of sp³-hybridized carbons (Fsp3) is 0.318. The lowest BCUT2D eigenvalue weighted by Crippen LogP contribution is -2.32. The molecule has 0 bridgehead atoms. The maximum Gasteiger partial charge on any atom is 0.337 e. The first-order valence-electron chi connectivity index (χ1n) is 9.44. The first-order valence-corrected chi connectivity index (χ1v) is 9.44. The van der Waals surface area contributed by atoms with Crippen LogP contribution in [0.4, 0.5) is 5.69 Å². The van der Waals surface area contributed by atoms with Crippen LogP contribution in [0.5, 0.6) is 11.5 Å². The number of ether oxygens (including phenoxy) is 3. The number of nitrogens with one attached hydrogen (secondary N) is 1. The van der Waals surface area contributed by atoms with Gasteiger partial charge in [-0.3, -0.25) is 9.59 Å². The Kier molecular flexibility index (Phi) is 6.56. The highest BCUT2D eigenvalue weighted by Crippen LogP contribution is 2.36. The number of carbonyl (C=O) groups is 3. The zero-order chi connectivity index (χ0) is 21.7. The van der Waals surface area contributed by atoms with Gasteiger partial charge in [0.15, 0.2) is 0 Å². The monoisotopic (exact) mass is 412 g/mol. The molecule has 8 heteroatoms. The third-order valence-electron chi connectivity index (χ3n) is 5.01. The van der Waals surface area contributed by atoms with Gasteiger partial charge in [-0.1, -0.05) is 12.1 Å². The van der Waals surface area contributed by atoms with E-state index in [4.69, 9.17) is 9.47 Å². The summed E-state index contributed by atoms with van der Waals surface area (Å²) >= 11 is 0. The van der Waals surface area contributed by atoms with Gasteiger partial charge in [0, 0.05) is 25.6 Å². The maximum atomic E-state index is 12.6. The molecule has 0 saturated carbocycles. The molecule has 30 heavy (non-hydrogen) atoms. The SMILES string of the molecule is COC(=O)c1ccc(CNC(=O)C2CC(=O)N(c3cc(OC)ccc3OC)C2)cc1.